The van der Waals surface area contributed by atoms with Gasteiger partial charge in [-0.1, -0.05) is 0 Å². The quantitative estimate of drug-likeness (QED) is 0.442. The summed E-state index contributed by atoms with van der Waals surface area (Å²) in [7, 11) is 0. The van der Waals surface area contributed by atoms with E-state index in [4.69, 9.17) is 0 Å². The van der Waals surface area contributed by atoms with Gasteiger partial charge in [0.15, 0.2) is 5.94 Å². The smallest absolute Gasteiger partial charge is 0.227 e. The molecule has 1 saturated heterocycles. The van der Waals surface area contributed by atoms with Gasteiger partial charge in [0.05, 0.1) is 6.42 Å². The molecule has 0 aromatic heterocycles. The average Bonchev–Trinajstić information content (AvgIpc) is 2.56. The van der Waals surface area contributed by atoms with E-state index in [1.807, 2.05) is 4.90 Å². The zero-order chi connectivity index (χ0) is 8.81. The summed E-state index contributed by atoms with van der Waals surface area (Å²) in [5.41, 5.74) is 2.22. The molecule has 0 atom stereocenters. The van der Waals surface area contributed by atoms with Gasteiger partial charge in [-0.15, -0.1) is 0 Å². The molecule has 1 aliphatic rings. The lowest BCUT2D eigenvalue weighted by Crippen LogP contribution is -2.26. The van der Waals surface area contributed by atoms with E-state index >= 15 is 0 Å². The molecule has 1 amide bonds. The Bertz CT molecular complexity index is 241. The maximum Gasteiger partial charge on any atom is 0.227 e. The third-order valence-electron chi connectivity index (χ3n) is 1.90. The van der Waals surface area contributed by atoms with Gasteiger partial charge in [-0.25, -0.2) is 4.79 Å². The highest BCUT2D eigenvalue weighted by molar-refractivity contribution is 5.78. The summed E-state index contributed by atoms with van der Waals surface area (Å²) in [6.07, 6.45) is 3.89. The molecule has 0 unspecified atom stereocenters. The first-order valence-corrected chi connectivity index (χ1v) is 4.06. The maximum absolute atomic E-state index is 11.2. The van der Waals surface area contributed by atoms with Crippen molar-refractivity contribution in [3.8, 4) is 0 Å². The molecule has 1 fully saturated rings. The van der Waals surface area contributed by atoms with Gasteiger partial charge in [-0.3, -0.25) is 4.79 Å². The molecule has 1 heterocycles. The molecule has 0 saturated carbocycles. The number of nitrogens with zero attached hydrogens (tertiary/aromatic N) is 1. The van der Waals surface area contributed by atoms with Crippen molar-refractivity contribution in [3.05, 3.63) is 11.8 Å². The summed E-state index contributed by atoms with van der Waals surface area (Å²) in [5.74, 6) is 1.57. The molecule has 1 aliphatic heterocycles. The van der Waals surface area contributed by atoms with Crippen molar-refractivity contribution in [3.63, 3.8) is 0 Å². The Morgan fingerprint density at radius 3 is 2.67 bits per heavy atom. The van der Waals surface area contributed by atoms with Crippen LogP contribution < -0.4 is 0 Å². The average molecular weight is 165 g/mol. The third-order valence-corrected chi connectivity index (χ3v) is 1.90. The number of carbonyl (C=O) groups excluding carboxylic acids is 2. The molecule has 64 valence electrons. The number of hydrogen-bond donors (Lipinski definition) is 0. The molecule has 0 aromatic carbocycles. The molecule has 0 aromatic rings. The fraction of sp³-hybridized carbons (Fsp3) is 0.556. The molecule has 0 radical (unpaired) electrons. The highest BCUT2D eigenvalue weighted by Gasteiger charge is 2.15. The lowest BCUT2D eigenvalue weighted by atomic mass is 10.3. The number of rotatable bonds is 2. The molecule has 3 heteroatoms. The molecular formula is C9H11NO2. The van der Waals surface area contributed by atoms with Crippen molar-refractivity contribution in [2.45, 2.75) is 19.3 Å². The summed E-state index contributed by atoms with van der Waals surface area (Å²) < 4.78 is 0. The van der Waals surface area contributed by atoms with Gasteiger partial charge in [0.25, 0.3) is 0 Å². The summed E-state index contributed by atoms with van der Waals surface area (Å²) >= 11 is 0. The van der Waals surface area contributed by atoms with Gasteiger partial charge in [-0.05, 0) is 24.6 Å². The van der Waals surface area contributed by atoms with E-state index < -0.39 is 0 Å². The Kier molecular flexibility index (Phi) is 3.34. The second-order valence-electron chi connectivity index (χ2n) is 2.74. The molecule has 0 spiro atoms. The van der Waals surface area contributed by atoms with E-state index in [0.717, 1.165) is 25.9 Å². The first-order valence-electron chi connectivity index (χ1n) is 4.06. The predicted molar refractivity (Wildman–Crippen MR) is 44.2 cm³/mol. The van der Waals surface area contributed by atoms with Crippen LogP contribution in [0.25, 0.3) is 0 Å². The molecule has 0 aliphatic carbocycles. The minimum absolute atomic E-state index is 0.0789. The monoisotopic (exact) mass is 165 g/mol. The lowest BCUT2D eigenvalue weighted by Gasteiger charge is -2.12. The molecule has 3 nitrogen and oxygen atoms in total. The zero-order valence-corrected chi connectivity index (χ0v) is 6.88. The Balaban J connectivity index is 2.37. The highest BCUT2D eigenvalue weighted by Crippen LogP contribution is 2.08. The van der Waals surface area contributed by atoms with E-state index in [1.165, 1.54) is 12.0 Å². The summed E-state index contributed by atoms with van der Waals surface area (Å²) in [6.45, 7) is 1.72. The zero-order valence-electron chi connectivity index (χ0n) is 6.88. The van der Waals surface area contributed by atoms with Crippen LogP contribution >= 0.6 is 0 Å². The van der Waals surface area contributed by atoms with Crippen molar-refractivity contribution in [2.75, 3.05) is 13.1 Å². The number of amides is 1. The van der Waals surface area contributed by atoms with Crippen molar-refractivity contribution in [1.82, 2.24) is 4.90 Å². The van der Waals surface area contributed by atoms with Crippen molar-refractivity contribution >= 4 is 11.8 Å². The van der Waals surface area contributed by atoms with Crippen LogP contribution in [0, 0.1) is 0 Å². The largest absolute Gasteiger partial charge is 0.342 e. The maximum atomic E-state index is 11.2. The van der Waals surface area contributed by atoms with E-state index in [0.29, 0.717) is 0 Å². The van der Waals surface area contributed by atoms with Crippen LogP contribution in [-0.2, 0) is 9.59 Å². The molecule has 0 N–H and O–H groups in total. The molecule has 1 rings (SSSR count). The van der Waals surface area contributed by atoms with Crippen LogP contribution in [0.2, 0.25) is 0 Å². The van der Waals surface area contributed by atoms with Crippen LogP contribution in [0.1, 0.15) is 19.3 Å². The standard InChI is InChI=1S/C9H11NO2/c11-8-4-1-5-9(12)10-6-2-3-7-10/h1H,2-3,5-7H2. The van der Waals surface area contributed by atoms with Gasteiger partial charge in [-0.2, -0.15) is 0 Å². The molecular weight excluding hydrogens is 154 g/mol. The number of hydrogen-bond acceptors (Lipinski definition) is 2. The van der Waals surface area contributed by atoms with Crippen LogP contribution in [0.3, 0.4) is 0 Å². The van der Waals surface area contributed by atoms with Crippen molar-refractivity contribution < 1.29 is 9.59 Å². The first-order chi connectivity index (χ1) is 5.84. The van der Waals surface area contributed by atoms with Gasteiger partial charge in [0.1, 0.15) is 0 Å². The normalized spacial score (nSPS) is 15.2. The van der Waals surface area contributed by atoms with E-state index in [1.54, 1.807) is 0 Å². The second kappa shape index (κ2) is 4.55. The van der Waals surface area contributed by atoms with Crippen molar-refractivity contribution in [1.29, 1.82) is 0 Å². The lowest BCUT2D eigenvalue weighted by molar-refractivity contribution is -0.129. The Hall–Kier alpha value is -1.30. The molecule has 12 heavy (non-hydrogen) atoms. The molecule has 0 bridgehead atoms. The van der Waals surface area contributed by atoms with E-state index in [2.05, 4.69) is 5.73 Å². The van der Waals surface area contributed by atoms with Crippen LogP contribution in [0.5, 0.6) is 0 Å². The van der Waals surface area contributed by atoms with Crippen LogP contribution in [-0.4, -0.2) is 29.8 Å². The number of carbonyl (C=O) groups is 1. The third kappa shape index (κ3) is 2.39. The van der Waals surface area contributed by atoms with Gasteiger partial charge < -0.3 is 4.90 Å². The minimum atomic E-state index is 0.0789. The fourth-order valence-corrected chi connectivity index (χ4v) is 1.28. The van der Waals surface area contributed by atoms with Crippen LogP contribution in [0.15, 0.2) is 11.8 Å². The van der Waals surface area contributed by atoms with Crippen molar-refractivity contribution in [2.24, 2.45) is 0 Å². The Morgan fingerprint density at radius 2 is 2.08 bits per heavy atom. The SMILES string of the molecule is O=C=C=CCC(=O)N1CCCC1. The van der Waals surface area contributed by atoms with Gasteiger partial charge in [0, 0.05) is 13.1 Å². The Labute approximate surface area is 71.4 Å². The van der Waals surface area contributed by atoms with Crippen LogP contribution in [0.4, 0.5) is 0 Å². The predicted octanol–water partition coefficient (Wildman–Crippen LogP) is 0.542. The highest BCUT2D eigenvalue weighted by atomic mass is 16.2. The minimum Gasteiger partial charge on any atom is -0.342 e. The van der Waals surface area contributed by atoms with Gasteiger partial charge in [0.2, 0.25) is 5.91 Å². The summed E-state index contributed by atoms with van der Waals surface area (Å²) in [4.78, 5) is 22.8. The Morgan fingerprint density at radius 1 is 1.42 bits per heavy atom. The van der Waals surface area contributed by atoms with Gasteiger partial charge >= 0.3 is 0 Å². The summed E-state index contributed by atoms with van der Waals surface area (Å²) in [6, 6.07) is 0. The summed E-state index contributed by atoms with van der Waals surface area (Å²) in [5, 5.41) is 0. The second-order valence-corrected chi connectivity index (χ2v) is 2.74. The first kappa shape index (κ1) is 8.79. The number of likely N-dealkylation sites (tertiary alicyclic amines) is 1. The topological polar surface area (TPSA) is 37.4 Å². The van der Waals surface area contributed by atoms with E-state index in [9.17, 15) is 9.59 Å². The fourth-order valence-electron chi connectivity index (χ4n) is 1.28. The van der Waals surface area contributed by atoms with E-state index in [-0.39, 0.29) is 12.3 Å².